The molecule has 1 unspecified atom stereocenters. The minimum Gasteiger partial charge on any atom is -0.398 e. The molecule has 37 heavy (non-hydrogen) atoms. The Balaban J connectivity index is 1.34. The molecule has 0 spiro atoms. The molecule has 4 aromatic carbocycles. The molecule has 2 N–H and O–H groups in total. The van der Waals surface area contributed by atoms with Crippen LogP contribution in [-0.2, 0) is 6.42 Å². The van der Waals surface area contributed by atoms with Crippen LogP contribution < -0.4 is 5.73 Å². The third-order valence-electron chi connectivity index (χ3n) is 8.11. The number of para-hydroxylation sites is 1. The molecule has 0 fully saturated rings. The molecule has 1 heteroatoms. The first-order valence-corrected chi connectivity index (χ1v) is 13.2. The van der Waals surface area contributed by atoms with Crippen molar-refractivity contribution >= 4 is 16.8 Å². The summed E-state index contributed by atoms with van der Waals surface area (Å²) in [5, 5.41) is 0. The van der Waals surface area contributed by atoms with E-state index in [0.717, 1.165) is 24.9 Å². The van der Waals surface area contributed by atoms with Gasteiger partial charge in [0.15, 0.2) is 0 Å². The minimum absolute atomic E-state index is 0.428. The molecular formula is C36H29N. The zero-order chi connectivity index (χ0) is 24.8. The standard InChI is InChI=1S/C36H29N/c37-34-17-8-7-14-27(34)22-26-18-21-32-30-20-19-28(23-33(30)31-16-9-15-29(26)36(31)32)35(24-10-3-1-4-11-24)25-12-5-2-6-13-25/h1-12,14-20,23,32H,13,21-22,37H2/b35-25+. The maximum Gasteiger partial charge on any atom is 0.0349 e. The first kappa shape index (κ1) is 21.9. The fraction of sp³-hybridized carbons (Fsp3) is 0.111. The molecule has 0 aromatic heterocycles. The number of fused-ring (bicyclic) bond motifs is 3. The van der Waals surface area contributed by atoms with E-state index in [-0.39, 0.29) is 0 Å². The number of anilines is 1. The number of benzene rings is 4. The van der Waals surface area contributed by atoms with Gasteiger partial charge in [0, 0.05) is 11.6 Å². The zero-order valence-corrected chi connectivity index (χ0v) is 20.8. The van der Waals surface area contributed by atoms with Crippen molar-refractivity contribution in [3.05, 3.63) is 160 Å². The van der Waals surface area contributed by atoms with Crippen molar-refractivity contribution in [2.24, 2.45) is 0 Å². The Morgan fingerprint density at radius 3 is 2.43 bits per heavy atom. The molecule has 1 nitrogen and oxygen atoms in total. The first-order valence-electron chi connectivity index (χ1n) is 13.2. The van der Waals surface area contributed by atoms with Crippen LogP contribution in [0.2, 0.25) is 0 Å². The Labute approximate surface area is 219 Å². The van der Waals surface area contributed by atoms with Gasteiger partial charge in [-0.25, -0.2) is 0 Å². The molecule has 0 heterocycles. The normalized spacial score (nSPS) is 18.3. The van der Waals surface area contributed by atoms with Gasteiger partial charge in [-0.05, 0) is 92.6 Å². The molecule has 0 saturated carbocycles. The van der Waals surface area contributed by atoms with Crippen LogP contribution in [-0.4, -0.2) is 0 Å². The minimum atomic E-state index is 0.428. The smallest absolute Gasteiger partial charge is 0.0349 e. The molecule has 1 atom stereocenters. The van der Waals surface area contributed by atoms with E-state index in [4.69, 9.17) is 5.73 Å². The van der Waals surface area contributed by atoms with Gasteiger partial charge in [0.05, 0.1) is 0 Å². The van der Waals surface area contributed by atoms with Gasteiger partial charge in [-0.3, -0.25) is 0 Å². The second-order valence-corrected chi connectivity index (χ2v) is 10.2. The van der Waals surface area contributed by atoms with Crippen LogP contribution in [0, 0.1) is 0 Å². The number of rotatable bonds is 4. The van der Waals surface area contributed by atoms with Crippen LogP contribution in [0.15, 0.2) is 127 Å². The van der Waals surface area contributed by atoms with Crippen molar-refractivity contribution in [2.75, 3.05) is 5.73 Å². The lowest BCUT2D eigenvalue weighted by Gasteiger charge is -2.24. The zero-order valence-electron chi connectivity index (χ0n) is 20.8. The summed E-state index contributed by atoms with van der Waals surface area (Å²) in [6, 6.07) is 33.1. The lowest BCUT2D eigenvalue weighted by atomic mass is 9.80. The summed E-state index contributed by atoms with van der Waals surface area (Å²) in [6.07, 6.45) is 14.1. The lowest BCUT2D eigenvalue weighted by molar-refractivity contribution is 0.835. The van der Waals surface area contributed by atoms with Gasteiger partial charge in [0.2, 0.25) is 0 Å². The molecule has 3 aliphatic rings. The van der Waals surface area contributed by atoms with Crippen LogP contribution in [0.5, 0.6) is 0 Å². The summed E-state index contributed by atoms with van der Waals surface area (Å²) in [4.78, 5) is 0. The fourth-order valence-electron chi connectivity index (χ4n) is 6.38. The molecule has 4 aromatic rings. The second kappa shape index (κ2) is 8.94. The Morgan fingerprint density at radius 2 is 1.59 bits per heavy atom. The number of nitrogen functional groups attached to an aromatic ring is 1. The summed E-state index contributed by atoms with van der Waals surface area (Å²) in [6.45, 7) is 0. The van der Waals surface area contributed by atoms with Gasteiger partial charge in [-0.1, -0.05) is 109 Å². The highest BCUT2D eigenvalue weighted by atomic mass is 14.6. The maximum atomic E-state index is 6.31. The van der Waals surface area contributed by atoms with Crippen LogP contribution in [0.3, 0.4) is 0 Å². The third kappa shape index (κ3) is 3.70. The van der Waals surface area contributed by atoms with Crippen LogP contribution in [0.25, 0.3) is 22.3 Å². The van der Waals surface area contributed by atoms with Crippen LogP contribution in [0.4, 0.5) is 5.69 Å². The average Bonchev–Trinajstić information content (AvgIpc) is 3.27. The summed E-state index contributed by atoms with van der Waals surface area (Å²) >= 11 is 0. The number of nitrogens with two attached hydrogens (primary N) is 1. The quantitative estimate of drug-likeness (QED) is 0.293. The summed E-state index contributed by atoms with van der Waals surface area (Å²) in [5.74, 6) is 0.428. The molecule has 0 bridgehead atoms. The summed E-state index contributed by atoms with van der Waals surface area (Å²) < 4.78 is 0. The van der Waals surface area contributed by atoms with E-state index in [2.05, 4.69) is 109 Å². The van der Waals surface area contributed by atoms with E-state index < -0.39 is 0 Å². The van der Waals surface area contributed by atoms with E-state index in [9.17, 15) is 0 Å². The highest BCUT2D eigenvalue weighted by Crippen LogP contribution is 2.53. The molecule has 178 valence electrons. The Kier molecular flexibility index (Phi) is 5.29. The molecule has 0 radical (unpaired) electrons. The summed E-state index contributed by atoms with van der Waals surface area (Å²) in [7, 11) is 0. The number of allylic oxidation sites excluding steroid dienone is 7. The monoisotopic (exact) mass is 475 g/mol. The third-order valence-corrected chi connectivity index (χ3v) is 8.11. The van der Waals surface area contributed by atoms with Crippen LogP contribution in [0.1, 0.15) is 52.1 Å². The van der Waals surface area contributed by atoms with Crippen molar-refractivity contribution < 1.29 is 0 Å². The molecule has 0 saturated heterocycles. The summed E-state index contributed by atoms with van der Waals surface area (Å²) in [5.41, 5.74) is 22.2. The van der Waals surface area contributed by atoms with Gasteiger partial charge in [0.1, 0.15) is 0 Å². The second-order valence-electron chi connectivity index (χ2n) is 10.2. The lowest BCUT2D eigenvalue weighted by Crippen LogP contribution is -2.07. The predicted octanol–water partition coefficient (Wildman–Crippen LogP) is 8.73. The molecule has 3 aliphatic carbocycles. The van der Waals surface area contributed by atoms with Gasteiger partial charge in [-0.2, -0.15) is 0 Å². The molecular weight excluding hydrogens is 446 g/mol. The van der Waals surface area contributed by atoms with Crippen molar-refractivity contribution in [1.29, 1.82) is 0 Å². The molecule has 7 rings (SSSR count). The largest absolute Gasteiger partial charge is 0.398 e. The van der Waals surface area contributed by atoms with Gasteiger partial charge < -0.3 is 5.73 Å². The van der Waals surface area contributed by atoms with E-state index in [0.29, 0.717) is 5.92 Å². The Hall–Kier alpha value is -4.36. The first-order chi connectivity index (χ1) is 18.3. The topological polar surface area (TPSA) is 26.0 Å². The molecule has 0 aliphatic heterocycles. The predicted molar refractivity (Wildman–Crippen MR) is 156 cm³/mol. The Bertz CT molecular complexity index is 1650. The fourth-order valence-corrected chi connectivity index (χ4v) is 6.38. The van der Waals surface area contributed by atoms with Gasteiger partial charge in [0.25, 0.3) is 0 Å². The van der Waals surface area contributed by atoms with Crippen molar-refractivity contribution in [3.63, 3.8) is 0 Å². The van der Waals surface area contributed by atoms with E-state index in [1.54, 1.807) is 0 Å². The highest BCUT2D eigenvalue weighted by Gasteiger charge is 2.34. The van der Waals surface area contributed by atoms with E-state index >= 15 is 0 Å². The van der Waals surface area contributed by atoms with E-state index in [1.807, 2.05) is 12.1 Å². The highest BCUT2D eigenvalue weighted by molar-refractivity contribution is 5.91. The average molecular weight is 476 g/mol. The SMILES string of the molecule is Nc1ccccc1CC1=CCC2c3ccc(/C(=C4\C=CC=CC4)c4ccccc4)cc3-c3cccc1c32. The van der Waals surface area contributed by atoms with Crippen molar-refractivity contribution in [2.45, 2.75) is 25.2 Å². The van der Waals surface area contributed by atoms with Crippen molar-refractivity contribution in [3.8, 4) is 11.1 Å². The molecule has 0 amide bonds. The van der Waals surface area contributed by atoms with Gasteiger partial charge in [-0.15, -0.1) is 0 Å². The van der Waals surface area contributed by atoms with Gasteiger partial charge >= 0.3 is 0 Å². The van der Waals surface area contributed by atoms with Crippen molar-refractivity contribution in [1.82, 2.24) is 0 Å². The Morgan fingerprint density at radius 1 is 0.757 bits per heavy atom. The maximum absolute atomic E-state index is 6.31. The van der Waals surface area contributed by atoms with Crippen LogP contribution >= 0.6 is 0 Å². The number of hydrogen-bond donors (Lipinski definition) is 1. The number of hydrogen-bond acceptors (Lipinski definition) is 1. The van der Waals surface area contributed by atoms with E-state index in [1.165, 1.54) is 61.2 Å².